The standard InChI is InChI=1S/C11H16N2O3/c1-2-16-11(15)9-7-12-13(5-6-14)10(9)8-3-4-8/h7-8,14H,2-6H2,1H3. The number of hydrogen-bond acceptors (Lipinski definition) is 4. The van der Waals surface area contributed by atoms with E-state index in [1.807, 2.05) is 0 Å². The number of aliphatic hydroxyl groups excluding tert-OH is 1. The highest BCUT2D eigenvalue weighted by atomic mass is 16.5. The van der Waals surface area contributed by atoms with E-state index in [0.29, 0.717) is 24.6 Å². The van der Waals surface area contributed by atoms with E-state index in [-0.39, 0.29) is 12.6 Å². The average Bonchev–Trinajstić information content (AvgIpc) is 3.01. The first-order valence-corrected chi connectivity index (χ1v) is 5.61. The summed E-state index contributed by atoms with van der Waals surface area (Å²) < 4.78 is 6.70. The largest absolute Gasteiger partial charge is 0.462 e. The van der Waals surface area contributed by atoms with E-state index in [2.05, 4.69) is 5.10 Å². The van der Waals surface area contributed by atoms with Gasteiger partial charge in [-0.2, -0.15) is 5.10 Å². The van der Waals surface area contributed by atoms with Gasteiger partial charge >= 0.3 is 5.97 Å². The van der Waals surface area contributed by atoms with Crippen LogP contribution < -0.4 is 0 Å². The fourth-order valence-corrected chi connectivity index (χ4v) is 1.82. The van der Waals surface area contributed by atoms with Gasteiger partial charge in [-0.25, -0.2) is 4.79 Å². The smallest absolute Gasteiger partial charge is 0.341 e. The molecule has 5 heteroatoms. The second kappa shape index (κ2) is 4.65. The highest BCUT2D eigenvalue weighted by molar-refractivity contribution is 5.90. The summed E-state index contributed by atoms with van der Waals surface area (Å²) in [5.41, 5.74) is 1.48. The zero-order chi connectivity index (χ0) is 11.5. The molecule has 1 fully saturated rings. The summed E-state index contributed by atoms with van der Waals surface area (Å²) in [6, 6.07) is 0. The SMILES string of the molecule is CCOC(=O)c1cnn(CCO)c1C1CC1. The van der Waals surface area contributed by atoms with E-state index in [1.54, 1.807) is 17.8 Å². The van der Waals surface area contributed by atoms with Gasteiger partial charge in [0.25, 0.3) is 0 Å². The van der Waals surface area contributed by atoms with Gasteiger partial charge in [0.2, 0.25) is 0 Å². The van der Waals surface area contributed by atoms with Crippen molar-refractivity contribution in [3.8, 4) is 0 Å². The predicted molar refractivity (Wildman–Crippen MR) is 57.2 cm³/mol. The molecule has 1 aromatic heterocycles. The topological polar surface area (TPSA) is 64.3 Å². The first kappa shape index (κ1) is 11.1. The Balaban J connectivity index is 2.26. The lowest BCUT2D eigenvalue weighted by atomic mass is 10.2. The van der Waals surface area contributed by atoms with Gasteiger partial charge in [-0.05, 0) is 19.8 Å². The Hall–Kier alpha value is -1.36. The normalized spacial score (nSPS) is 15.1. The fourth-order valence-electron chi connectivity index (χ4n) is 1.82. The lowest BCUT2D eigenvalue weighted by Gasteiger charge is -2.06. The minimum absolute atomic E-state index is 0.0314. The van der Waals surface area contributed by atoms with Gasteiger partial charge in [0, 0.05) is 5.92 Å². The Kier molecular flexibility index (Phi) is 3.24. The average molecular weight is 224 g/mol. The molecule has 1 heterocycles. The van der Waals surface area contributed by atoms with Crippen molar-refractivity contribution in [2.75, 3.05) is 13.2 Å². The van der Waals surface area contributed by atoms with Gasteiger partial charge in [-0.1, -0.05) is 0 Å². The van der Waals surface area contributed by atoms with Crippen molar-refractivity contribution in [3.05, 3.63) is 17.5 Å². The van der Waals surface area contributed by atoms with Crippen molar-refractivity contribution >= 4 is 5.97 Å². The molecule has 1 aliphatic carbocycles. The number of hydrogen-bond donors (Lipinski definition) is 1. The quantitative estimate of drug-likeness (QED) is 0.756. The second-order valence-corrected chi connectivity index (χ2v) is 3.88. The lowest BCUT2D eigenvalue weighted by molar-refractivity contribution is 0.0524. The van der Waals surface area contributed by atoms with Crippen LogP contribution >= 0.6 is 0 Å². The maximum atomic E-state index is 11.7. The number of nitrogens with zero attached hydrogens (tertiary/aromatic N) is 2. The van der Waals surface area contributed by atoms with Crippen molar-refractivity contribution in [2.45, 2.75) is 32.2 Å². The van der Waals surface area contributed by atoms with Crippen molar-refractivity contribution in [1.82, 2.24) is 9.78 Å². The van der Waals surface area contributed by atoms with Crippen LogP contribution in [0.1, 0.15) is 41.7 Å². The molecule has 88 valence electrons. The summed E-state index contributed by atoms with van der Waals surface area (Å²) in [4.78, 5) is 11.7. The molecule has 0 radical (unpaired) electrons. The van der Waals surface area contributed by atoms with E-state index in [4.69, 9.17) is 9.84 Å². The summed E-state index contributed by atoms with van der Waals surface area (Å²) in [5, 5.41) is 13.0. The number of carbonyl (C=O) groups is 1. The molecule has 0 saturated heterocycles. The summed E-state index contributed by atoms with van der Waals surface area (Å²) in [7, 11) is 0. The van der Waals surface area contributed by atoms with Crippen molar-refractivity contribution in [2.24, 2.45) is 0 Å². The van der Waals surface area contributed by atoms with E-state index >= 15 is 0 Å². The summed E-state index contributed by atoms with van der Waals surface area (Å²) in [5.74, 6) is 0.0991. The predicted octanol–water partition coefficient (Wildman–Crippen LogP) is 0.929. The molecule has 1 saturated carbocycles. The van der Waals surface area contributed by atoms with Gasteiger partial charge in [0.15, 0.2) is 0 Å². The molecule has 0 bridgehead atoms. The van der Waals surface area contributed by atoms with Crippen LogP contribution in [0, 0.1) is 0 Å². The molecule has 1 N–H and O–H groups in total. The molecule has 5 nitrogen and oxygen atoms in total. The minimum atomic E-state index is -0.311. The molecule has 1 aromatic rings. The Morgan fingerprint density at radius 2 is 2.44 bits per heavy atom. The van der Waals surface area contributed by atoms with Gasteiger partial charge < -0.3 is 9.84 Å². The van der Waals surface area contributed by atoms with Gasteiger partial charge in [-0.3, -0.25) is 4.68 Å². The second-order valence-electron chi connectivity index (χ2n) is 3.88. The molecule has 0 aliphatic heterocycles. The summed E-state index contributed by atoms with van der Waals surface area (Å²) in [6.45, 7) is 2.62. The first-order chi connectivity index (χ1) is 7.77. The van der Waals surface area contributed by atoms with Gasteiger partial charge in [0.05, 0.1) is 31.6 Å². The third-order valence-corrected chi connectivity index (χ3v) is 2.65. The molecular weight excluding hydrogens is 208 g/mol. The molecule has 0 atom stereocenters. The molecular formula is C11H16N2O3. The molecule has 0 unspecified atom stereocenters. The molecule has 16 heavy (non-hydrogen) atoms. The van der Waals surface area contributed by atoms with E-state index in [9.17, 15) is 4.79 Å². The number of aliphatic hydroxyl groups is 1. The number of rotatable bonds is 5. The Labute approximate surface area is 94.0 Å². The molecule has 0 aromatic carbocycles. The van der Waals surface area contributed by atoms with E-state index < -0.39 is 0 Å². The number of aromatic nitrogens is 2. The van der Waals surface area contributed by atoms with Crippen LogP contribution in [0.5, 0.6) is 0 Å². The zero-order valence-corrected chi connectivity index (χ0v) is 9.35. The Bertz CT molecular complexity index is 383. The Morgan fingerprint density at radius 1 is 1.69 bits per heavy atom. The maximum absolute atomic E-state index is 11.7. The highest BCUT2D eigenvalue weighted by Crippen LogP contribution is 2.41. The van der Waals surface area contributed by atoms with Crippen molar-refractivity contribution in [1.29, 1.82) is 0 Å². The van der Waals surface area contributed by atoms with Crippen molar-refractivity contribution in [3.63, 3.8) is 0 Å². The first-order valence-electron chi connectivity index (χ1n) is 5.61. The van der Waals surface area contributed by atoms with Crippen LogP contribution in [-0.2, 0) is 11.3 Å². The van der Waals surface area contributed by atoms with Crippen LogP contribution in [0.2, 0.25) is 0 Å². The van der Waals surface area contributed by atoms with E-state index in [0.717, 1.165) is 18.5 Å². The highest BCUT2D eigenvalue weighted by Gasteiger charge is 2.32. The molecule has 0 spiro atoms. The monoisotopic (exact) mass is 224 g/mol. The lowest BCUT2D eigenvalue weighted by Crippen LogP contribution is -2.11. The minimum Gasteiger partial charge on any atom is -0.462 e. The third-order valence-electron chi connectivity index (χ3n) is 2.65. The van der Waals surface area contributed by atoms with Gasteiger partial charge in [-0.15, -0.1) is 0 Å². The summed E-state index contributed by atoms with van der Waals surface area (Å²) in [6.07, 6.45) is 3.72. The maximum Gasteiger partial charge on any atom is 0.341 e. The van der Waals surface area contributed by atoms with Crippen molar-refractivity contribution < 1.29 is 14.6 Å². The molecule has 0 amide bonds. The van der Waals surface area contributed by atoms with Crippen LogP contribution in [0.15, 0.2) is 6.20 Å². The van der Waals surface area contributed by atoms with Gasteiger partial charge in [0.1, 0.15) is 5.56 Å². The van der Waals surface area contributed by atoms with E-state index in [1.165, 1.54) is 0 Å². The van der Waals surface area contributed by atoms with Crippen LogP contribution in [0.25, 0.3) is 0 Å². The van der Waals surface area contributed by atoms with Crippen LogP contribution in [0.3, 0.4) is 0 Å². The summed E-state index contributed by atoms with van der Waals surface area (Å²) >= 11 is 0. The van der Waals surface area contributed by atoms with Crippen LogP contribution in [-0.4, -0.2) is 34.1 Å². The van der Waals surface area contributed by atoms with Crippen LogP contribution in [0.4, 0.5) is 0 Å². The number of carbonyl (C=O) groups excluding carboxylic acids is 1. The third kappa shape index (κ3) is 2.09. The fraction of sp³-hybridized carbons (Fsp3) is 0.636. The number of esters is 1. The Morgan fingerprint density at radius 3 is 3.00 bits per heavy atom. The zero-order valence-electron chi connectivity index (χ0n) is 9.35. The molecule has 1 aliphatic rings. The number of ether oxygens (including phenoxy) is 1. The molecule has 2 rings (SSSR count).